The lowest BCUT2D eigenvalue weighted by Gasteiger charge is -2.11. The molecule has 1 atom stereocenters. The molecule has 0 spiro atoms. The Morgan fingerprint density at radius 1 is 1.47 bits per heavy atom. The summed E-state index contributed by atoms with van der Waals surface area (Å²) in [6.07, 6.45) is 0.482. The minimum absolute atomic E-state index is 0.111. The fourth-order valence-electron chi connectivity index (χ4n) is 1.85. The molecular weight excluding hydrogens is 223 g/mol. The molecule has 1 aliphatic rings. The molecule has 17 heavy (non-hydrogen) atoms. The van der Waals surface area contributed by atoms with Crippen molar-refractivity contribution in [2.45, 2.75) is 6.42 Å². The molecule has 5 heteroatoms. The second kappa shape index (κ2) is 4.53. The molecule has 4 nitrogen and oxygen atoms in total. The molecule has 1 aromatic rings. The first kappa shape index (κ1) is 11.6. The topological polar surface area (TPSA) is 49.4 Å². The van der Waals surface area contributed by atoms with E-state index < -0.39 is 17.6 Å². The highest BCUT2D eigenvalue weighted by molar-refractivity contribution is 6.07. The quantitative estimate of drug-likeness (QED) is 0.785. The van der Waals surface area contributed by atoms with Crippen molar-refractivity contribution in [3.8, 4) is 0 Å². The van der Waals surface area contributed by atoms with Crippen molar-refractivity contribution >= 4 is 17.5 Å². The molecule has 1 fully saturated rings. The van der Waals surface area contributed by atoms with Gasteiger partial charge in [0.1, 0.15) is 11.7 Å². The molecule has 1 N–H and O–H groups in total. The van der Waals surface area contributed by atoms with E-state index >= 15 is 0 Å². The van der Waals surface area contributed by atoms with Gasteiger partial charge in [0.25, 0.3) is 0 Å². The van der Waals surface area contributed by atoms with Crippen LogP contribution in [0.3, 0.4) is 0 Å². The molecule has 0 radical (unpaired) electrons. The predicted molar refractivity (Wildman–Crippen MR) is 60.8 cm³/mol. The molecule has 0 aliphatic carbocycles. The maximum atomic E-state index is 13.3. The van der Waals surface area contributed by atoms with Gasteiger partial charge in [-0.05, 0) is 18.6 Å². The summed E-state index contributed by atoms with van der Waals surface area (Å²) < 4.78 is 13.3. The minimum Gasteiger partial charge on any atom is -0.345 e. The predicted octanol–water partition coefficient (Wildman–Crippen LogP) is 1.24. The van der Waals surface area contributed by atoms with Crippen molar-refractivity contribution in [3.63, 3.8) is 0 Å². The Hall–Kier alpha value is -1.91. The van der Waals surface area contributed by atoms with Gasteiger partial charge in [0.15, 0.2) is 0 Å². The van der Waals surface area contributed by atoms with E-state index in [2.05, 4.69) is 5.32 Å². The van der Waals surface area contributed by atoms with Gasteiger partial charge in [-0.25, -0.2) is 4.39 Å². The second-order valence-corrected chi connectivity index (χ2v) is 4.07. The van der Waals surface area contributed by atoms with Gasteiger partial charge in [0.05, 0.1) is 5.69 Å². The molecular formula is C12H13FN2O2. The number of carbonyl (C=O) groups excluding carboxylic acids is 2. The second-order valence-electron chi connectivity index (χ2n) is 4.07. The normalized spacial score (nSPS) is 19.5. The summed E-state index contributed by atoms with van der Waals surface area (Å²) in [5.41, 5.74) is 0.111. The van der Waals surface area contributed by atoms with Gasteiger partial charge in [-0.3, -0.25) is 9.59 Å². The molecule has 0 bridgehead atoms. The van der Waals surface area contributed by atoms with E-state index in [-0.39, 0.29) is 11.6 Å². The Kier molecular flexibility index (Phi) is 3.08. The maximum Gasteiger partial charge on any atom is 0.237 e. The number of para-hydroxylation sites is 1. The maximum absolute atomic E-state index is 13.3. The first-order valence-electron chi connectivity index (χ1n) is 5.40. The number of anilines is 1. The van der Waals surface area contributed by atoms with Crippen molar-refractivity contribution in [2.75, 3.05) is 18.9 Å². The van der Waals surface area contributed by atoms with Crippen LogP contribution in [0.25, 0.3) is 0 Å². The van der Waals surface area contributed by atoms with Gasteiger partial charge < -0.3 is 10.2 Å². The number of carbonyl (C=O) groups is 2. The number of nitrogens with one attached hydrogen (secondary N) is 1. The number of likely N-dealkylation sites (tertiary alicyclic amines) is 1. The summed E-state index contributed by atoms with van der Waals surface area (Å²) in [7, 11) is 1.65. The minimum atomic E-state index is -0.695. The molecule has 1 aliphatic heterocycles. The third kappa shape index (κ3) is 2.27. The van der Waals surface area contributed by atoms with E-state index in [4.69, 9.17) is 0 Å². The molecule has 1 saturated heterocycles. The van der Waals surface area contributed by atoms with Gasteiger partial charge in [0, 0.05) is 13.6 Å². The Balaban J connectivity index is 2.08. The molecule has 2 amide bonds. The van der Waals surface area contributed by atoms with Crippen LogP contribution in [-0.4, -0.2) is 30.3 Å². The number of rotatable bonds is 2. The van der Waals surface area contributed by atoms with Crippen LogP contribution in [-0.2, 0) is 9.59 Å². The zero-order valence-electron chi connectivity index (χ0n) is 9.44. The standard InChI is InChI=1S/C12H13FN2O2/c1-15-7-6-8(12(15)17)11(16)14-10-5-3-2-4-9(10)13/h2-5,8H,6-7H2,1H3,(H,14,16)/t8-/m0/s1. The lowest BCUT2D eigenvalue weighted by atomic mass is 10.1. The van der Waals surface area contributed by atoms with Crippen LogP contribution in [0.4, 0.5) is 10.1 Å². The zero-order valence-corrected chi connectivity index (χ0v) is 9.44. The average Bonchev–Trinajstić information content (AvgIpc) is 2.63. The Morgan fingerprint density at radius 3 is 2.76 bits per heavy atom. The number of hydrogen-bond acceptors (Lipinski definition) is 2. The monoisotopic (exact) mass is 236 g/mol. The number of hydrogen-bond donors (Lipinski definition) is 1. The molecule has 0 unspecified atom stereocenters. The highest BCUT2D eigenvalue weighted by atomic mass is 19.1. The Bertz CT molecular complexity index is 462. The van der Waals surface area contributed by atoms with Crippen molar-refractivity contribution in [3.05, 3.63) is 30.1 Å². The van der Waals surface area contributed by atoms with Gasteiger partial charge in [-0.1, -0.05) is 12.1 Å². The number of nitrogens with zero attached hydrogens (tertiary/aromatic N) is 1. The molecule has 1 heterocycles. The highest BCUT2D eigenvalue weighted by Gasteiger charge is 2.35. The molecule has 0 saturated carbocycles. The molecule has 1 aromatic carbocycles. The van der Waals surface area contributed by atoms with Crippen molar-refractivity contribution in [1.29, 1.82) is 0 Å². The lowest BCUT2D eigenvalue weighted by molar-refractivity contribution is -0.134. The number of halogens is 1. The number of benzene rings is 1. The van der Waals surface area contributed by atoms with E-state index in [0.717, 1.165) is 0 Å². The van der Waals surface area contributed by atoms with Crippen LogP contribution in [0, 0.1) is 11.7 Å². The summed E-state index contributed by atoms with van der Waals surface area (Å²) in [6, 6.07) is 5.90. The van der Waals surface area contributed by atoms with Crippen molar-refractivity contribution in [1.82, 2.24) is 4.90 Å². The number of amides is 2. The van der Waals surface area contributed by atoms with E-state index in [1.165, 1.54) is 17.0 Å². The van der Waals surface area contributed by atoms with E-state index in [1.54, 1.807) is 19.2 Å². The first-order valence-corrected chi connectivity index (χ1v) is 5.40. The molecule has 0 aromatic heterocycles. The summed E-state index contributed by atoms with van der Waals surface area (Å²) in [5, 5.41) is 2.44. The average molecular weight is 236 g/mol. The van der Waals surface area contributed by atoms with Gasteiger partial charge >= 0.3 is 0 Å². The van der Waals surface area contributed by atoms with E-state index in [1.807, 2.05) is 0 Å². The molecule has 90 valence electrons. The Labute approximate surface area is 98.4 Å². The van der Waals surface area contributed by atoms with Crippen LogP contribution < -0.4 is 5.32 Å². The van der Waals surface area contributed by atoms with E-state index in [9.17, 15) is 14.0 Å². The van der Waals surface area contributed by atoms with Crippen LogP contribution in [0.5, 0.6) is 0 Å². The van der Waals surface area contributed by atoms with Gasteiger partial charge in [-0.15, -0.1) is 0 Å². The summed E-state index contributed by atoms with van der Waals surface area (Å²) >= 11 is 0. The van der Waals surface area contributed by atoms with E-state index in [0.29, 0.717) is 13.0 Å². The zero-order chi connectivity index (χ0) is 12.4. The van der Waals surface area contributed by atoms with Crippen LogP contribution >= 0.6 is 0 Å². The fraction of sp³-hybridized carbons (Fsp3) is 0.333. The molecule has 2 rings (SSSR count). The lowest BCUT2D eigenvalue weighted by Crippen LogP contribution is -2.31. The van der Waals surface area contributed by atoms with Crippen molar-refractivity contribution < 1.29 is 14.0 Å². The first-order chi connectivity index (χ1) is 8.09. The van der Waals surface area contributed by atoms with Gasteiger partial charge in [0.2, 0.25) is 11.8 Å². The third-order valence-corrected chi connectivity index (χ3v) is 2.88. The fourth-order valence-corrected chi connectivity index (χ4v) is 1.85. The van der Waals surface area contributed by atoms with Crippen LogP contribution in [0.2, 0.25) is 0 Å². The highest BCUT2D eigenvalue weighted by Crippen LogP contribution is 2.20. The SMILES string of the molecule is CN1CC[C@@H](C(=O)Nc2ccccc2F)C1=O. The van der Waals surface area contributed by atoms with Crippen LogP contribution in [0.15, 0.2) is 24.3 Å². The smallest absolute Gasteiger partial charge is 0.237 e. The van der Waals surface area contributed by atoms with Crippen molar-refractivity contribution in [2.24, 2.45) is 5.92 Å². The summed E-state index contributed by atoms with van der Waals surface area (Å²) in [5.74, 6) is -1.84. The van der Waals surface area contributed by atoms with Gasteiger partial charge in [-0.2, -0.15) is 0 Å². The largest absolute Gasteiger partial charge is 0.345 e. The van der Waals surface area contributed by atoms with Crippen LogP contribution in [0.1, 0.15) is 6.42 Å². The summed E-state index contributed by atoms with van der Waals surface area (Å²) in [4.78, 5) is 24.9. The Morgan fingerprint density at radius 2 is 2.18 bits per heavy atom. The summed E-state index contributed by atoms with van der Waals surface area (Å²) in [6.45, 7) is 0.564. The third-order valence-electron chi connectivity index (χ3n) is 2.88.